The molecule has 4 rings (SSSR count). The fraction of sp³-hybridized carbons (Fsp3) is 0.556. The number of morpholine rings is 1. The van der Waals surface area contributed by atoms with Crippen molar-refractivity contribution in [3.05, 3.63) is 35.7 Å². The van der Waals surface area contributed by atoms with Crippen LogP contribution in [0.4, 0.5) is 0 Å². The second-order valence-electron chi connectivity index (χ2n) is 6.66. The summed E-state index contributed by atoms with van der Waals surface area (Å²) in [6, 6.07) is 8.45. The van der Waals surface area contributed by atoms with E-state index >= 15 is 0 Å². The van der Waals surface area contributed by atoms with Crippen LogP contribution >= 0.6 is 0 Å². The average Bonchev–Trinajstić information content (AvgIpc) is 3.29. The highest BCUT2D eigenvalue weighted by Crippen LogP contribution is 2.21. The Morgan fingerprint density at radius 3 is 3.00 bits per heavy atom. The lowest BCUT2D eigenvalue weighted by molar-refractivity contribution is 0.0342. The van der Waals surface area contributed by atoms with Gasteiger partial charge in [0, 0.05) is 31.6 Å². The van der Waals surface area contributed by atoms with Crippen LogP contribution in [0.3, 0.4) is 0 Å². The molecule has 2 fully saturated rings. The van der Waals surface area contributed by atoms with Gasteiger partial charge in [-0.05, 0) is 37.1 Å². The monoisotopic (exact) mass is 328 g/mol. The zero-order valence-corrected chi connectivity index (χ0v) is 13.9. The number of aromatic nitrogens is 2. The minimum Gasteiger partial charge on any atom is -0.379 e. The van der Waals surface area contributed by atoms with E-state index in [-0.39, 0.29) is 0 Å². The molecular weight excluding hydrogens is 304 g/mol. The first-order valence-corrected chi connectivity index (χ1v) is 8.79. The second kappa shape index (κ2) is 7.42. The Labute approximate surface area is 142 Å². The van der Waals surface area contributed by atoms with E-state index in [4.69, 9.17) is 9.26 Å². The maximum Gasteiger partial charge on any atom is 0.227 e. The number of nitrogens with zero attached hydrogens (tertiary/aromatic N) is 3. The van der Waals surface area contributed by atoms with Crippen LogP contribution in [0.25, 0.3) is 11.4 Å². The Bertz CT molecular complexity index is 661. The number of ether oxygens (including phenoxy) is 1. The van der Waals surface area contributed by atoms with E-state index in [1.165, 1.54) is 12.0 Å². The van der Waals surface area contributed by atoms with Gasteiger partial charge in [-0.15, -0.1) is 0 Å². The van der Waals surface area contributed by atoms with Crippen molar-refractivity contribution in [2.24, 2.45) is 5.92 Å². The molecule has 2 aromatic rings. The lowest BCUT2D eigenvalue weighted by atomic mass is 10.1. The van der Waals surface area contributed by atoms with Crippen LogP contribution in [0.2, 0.25) is 0 Å². The van der Waals surface area contributed by atoms with Gasteiger partial charge in [0.15, 0.2) is 0 Å². The summed E-state index contributed by atoms with van der Waals surface area (Å²) in [7, 11) is 0. The summed E-state index contributed by atoms with van der Waals surface area (Å²) in [6.45, 7) is 6.71. The summed E-state index contributed by atoms with van der Waals surface area (Å²) >= 11 is 0. The molecule has 2 aliphatic heterocycles. The zero-order valence-electron chi connectivity index (χ0n) is 13.9. The molecule has 2 saturated heterocycles. The summed E-state index contributed by atoms with van der Waals surface area (Å²) in [4.78, 5) is 7.01. The van der Waals surface area contributed by atoms with Crippen LogP contribution in [-0.4, -0.2) is 54.4 Å². The van der Waals surface area contributed by atoms with Crippen molar-refractivity contribution in [3.8, 4) is 11.4 Å². The largest absolute Gasteiger partial charge is 0.379 e. The van der Waals surface area contributed by atoms with E-state index in [9.17, 15) is 0 Å². The van der Waals surface area contributed by atoms with Crippen molar-refractivity contribution in [3.63, 3.8) is 0 Å². The highest BCUT2D eigenvalue weighted by atomic mass is 16.5. The first-order chi connectivity index (χ1) is 11.9. The Kier molecular flexibility index (Phi) is 4.87. The van der Waals surface area contributed by atoms with E-state index < -0.39 is 0 Å². The second-order valence-corrected chi connectivity index (χ2v) is 6.66. The SMILES string of the molecule is c1cc(CN2CCOCC2)cc(-c2noc(CC3CCNC3)n2)c1. The topological polar surface area (TPSA) is 63.4 Å². The Balaban J connectivity index is 1.43. The van der Waals surface area contributed by atoms with E-state index in [0.717, 1.165) is 63.8 Å². The van der Waals surface area contributed by atoms with Crippen molar-refractivity contribution in [2.45, 2.75) is 19.4 Å². The summed E-state index contributed by atoms with van der Waals surface area (Å²) in [5.41, 5.74) is 2.31. The fourth-order valence-electron chi connectivity index (χ4n) is 3.42. The van der Waals surface area contributed by atoms with Crippen LogP contribution < -0.4 is 5.32 Å². The van der Waals surface area contributed by atoms with Gasteiger partial charge < -0.3 is 14.6 Å². The van der Waals surface area contributed by atoms with Gasteiger partial charge in [0.2, 0.25) is 11.7 Å². The first-order valence-electron chi connectivity index (χ1n) is 8.79. The van der Waals surface area contributed by atoms with Crippen molar-refractivity contribution in [2.75, 3.05) is 39.4 Å². The summed E-state index contributed by atoms with van der Waals surface area (Å²) in [5.74, 6) is 2.06. The Morgan fingerprint density at radius 2 is 2.17 bits per heavy atom. The zero-order chi connectivity index (χ0) is 16.2. The van der Waals surface area contributed by atoms with Gasteiger partial charge in [-0.2, -0.15) is 4.98 Å². The fourth-order valence-corrected chi connectivity index (χ4v) is 3.42. The van der Waals surface area contributed by atoms with E-state index in [0.29, 0.717) is 11.7 Å². The molecule has 1 atom stereocenters. The summed E-state index contributed by atoms with van der Waals surface area (Å²) in [5, 5.41) is 7.55. The number of benzene rings is 1. The van der Waals surface area contributed by atoms with Crippen molar-refractivity contribution < 1.29 is 9.26 Å². The number of rotatable bonds is 5. The lowest BCUT2D eigenvalue weighted by Crippen LogP contribution is -2.35. The maximum atomic E-state index is 5.45. The molecule has 1 unspecified atom stereocenters. The minimum absolute atomic E-state index is 0.617. The predicted octanol–water partition coefficient (Wildman–Crippen LogP) is 1.72. The van der Waals surface area contributed by atoms with Gasteiger partial charge in [-0.1, -0.05) is 23.4 Å². The van der Waals surface area contributed by atoms with Crippen molar-refractivity contribution in [1.29, 1.82) is 0 Å². The van der Waals surface area contributed by atoms with E-state index in [1.807, 2.05) is 0 Å². The molecule has 6 nitrogen and oxygen atoms in total. The highest BCUT2D eigenvalue weighted by Gasteiger charge is 2.19. The first kappa shape index (κ1) is 15.7. The summed E-state index contributed by atoms with van der Waals surface area (Å²) < 4.78 is 10.9. The van der Waals surface area contributed by atoms with Crippen molar-refractivity contribution >= 4 is 0 Å². The highest BCUT2D eigenvalue weighted by molar-refractivity contribution is 5.55. The molecule has 0 amide bonds. The predicted molar refractivity (Wildman–Crippen MR) is 90.5 cm³/mol. The van der Waals surface area contributed by atoms with Gasteiger partial charge in [-0.25, -0.2) is 0 Å². The molecule has 0 saturated carbocycles. The van der Waals surface area contributed by atoms with Gasteiger partial charge in [0.05, 0.1) is 13.2 Å². The lowest BCUT2D eigenvalue weighted by Gasteiger charge is -2.26. The van der Waals surface area contributed by atoms with Gasteiger partial charge >= 0.3 is 0 Å². The van der Waals surface area contributed by atoms with Crippen LogP contribution in [0.5, 0.6) is 0 Å². The van der Waals surface area contributed by atoms with Gasteiger partial charge in [0.25, 0.3) is 0 Å². The molecule has 24 heavy (non-hydrogen) atoms. The van der Waals surface area contributed by atoms with Gasteiger partial charge in [-0.3, -0.25) is 4.90 Å². The van der Waals surface area contributed by atoms with Crippen LogP contribution in [0, 0.1) is 5.92 Å². The number of hydrogen-bond donors (Lipinski definition) is 1. The minimum atomic E-state index is 0.617. The molecular formula is C18H24N4O2. The average molecular weight is 328 g/mol. The molecule has 0 bridgehead atoms. The van der Waals surface area contributed by atoms with Crippen LogP contribution in [0.15, 0.2) is 28.8 Å². The Hall–Kier alpha value is -1.76. The quantitative estimate of drug-likeness (QED) is 0.902. The molecule has 0 spiro atoms. The molecule has 3 heterocycles. The van der Waals surface area contributed by atoms with Gasteiger partial charge in [0.1, 0.15) is 0 Å². The Morgan fingerprint density at radius 1 is 1.25 bits per heavy atom. The standard InChI is InChI=1S/C18H24N4O2/c1-2-15(13-22-6-8-23-9-7-22)10-16(3-1)18-20-17(24-21-18)11-14-4-5-19-12-14/h1-3,10,14,19H,4-9,11-13H2. The molecule has 1 aromatic heterocycles. The molecule has 2 aliphatic rings. The normalized spacial score (nSPS) is 22.1. The maximum absolute atomic E-state index is 5.45. The number of hydrogen-bond acceptors (Lipinski definition) is 6. The van der Waals surface area contributed by atoms with Crippen molar-refractivity contribution in [1.82, 2.24) is 20.4 Å². The molecule has 1 aromatic carbocycles. The van der Waals surface area contributed by atoms with Crippen LogP contribution in [0.1, 0.15) is 17.9 Å². The number of nitrogens with one attached hydrogen (secondary N) is 1. The molecule has 1 N–H and O–H groups in total. The summed E-state index contributed by atoms with van der Waals surface area (Å²) in [6.07, 6.45) is 2.06. The third kappa shape index (κ3) is 3.83. The van der Waals surface area contributed by atoms with E-state index in [1.54, 1.807) is 0 Å². The van der Waals surface area contributed by atoms with E-state index in [2.05, 4.69) is 44.6 Å². The molecule has 0 radical (unpaired) electrons. The molecule has 128 valence electrons. The molecule has 0 aliphatic carbocycles. The third-order valence-electron chi connectivity index (χ3n) is 4.79. The smallest absolute Gasteiger partial charge is 0.227 e. The third-order valence-corrected chi connectivity index (χ3v) is 4.79. The molecule has 6 heteroatoms. The van der Waals surface area contributed by atoms with Crippen LogP contribution in [-0.2, 0) is 17.7 Å².